The van der Waals surface area contributed by atoms with Crippen molar-refractivity contribution in [2.24, 2.45) is 0 Å². The van der Waals surface area contributed by atoms with E-state index in [-0.39, 0.29) is 5.97 Å². The van der Waals surface area contributed by atoms with E-state index in [0.29, 0.717) is 29.1 Å². The summed E-state index contributed by atoms with van der Waals surface area (Å²) in [5.74, 6) is 0.212. The lowest BCUT2D eigenvalue weighted by atomic mass is 10.1. The number of esters is 1. The van der Waals surface area contributed by atoms with E-state index in [1.807, 2.05) is 0 Å². The molecule has 0 saturated heterocycles. The lowest BCUT2D eigenvalue weighted by molar-refractivity contribution is 0.0533. The minimum Gasteiger partial charge on any atom is -0.462 e. The van der Waals surface area contributed by atoms with Crippen LogP contribution in [0.5, 0.6) is 0 Å². The Morgan fingerprint density at radius 1 is 1.56 bits per heavy atom. The van der Waals surface area contributed by atoms with Gasteiger partial charge in [-0.3, -0.25) is 0 Å². The van der Waals surface area contributed by atoms with Gasteiger partial charge in [0.15, 0.2) is 0 Å². The van der Waals surface area contributed by atoms with Crippen LogP contribution in [-0.4, -0.2) is 18.6 Å². The number of thiophene rings is 1. The third-order valence-electron chi connectivity index (χ3n) is 2.85. The molecule has 1 aromatic rings. The van der Waals surface area contributed by atoms with Crippen molar-refractivity contribution < 1.29 is 9.53 Å². The van der Waals surface area contributed by atoms with E-state index in [2.05, 4.69) is 19.2 Å². The average molecular weight is 268 g/mol. The van der Waals surface area contributed by atoms with Gasteiger partial charge < -0.3 is 15.8 Å². The Morgan fingerprint density at radius 2 is 2.22 bits per heavy atom. The summed E-state index contributed by atoms with van der Waals surface area (Å²) in [6.07, 6.45) is 2.33. The summed E-state index contributed by atoms with van der Waals surface area (Å²) in [4.78, 5) is 12.4. The molecule has 2 rings (SSSR count). The number of anilines is 2. The normalized spacial score (nSPS) is 14.9. The van der Waals surface area contributed by atoms with Gasteiger partial charge in [-0.15, -0.1) is 11.3 Å². The van der Waals surface area contributed by atoms with Gasteiger partial charge in [0.1, 0.15) is 4.88 Å². The summed E-state index contributed by atoms with van der Waals surface area (Å²) in [5.41, 5.74) is 7.86. The molecule has 0 aromatic carbocycles. The molecule has 1 heterocycles. The van der Waals surface area contributed by atoms with Gasteiger partial charge in [-0.2, -0.15) is 0 Å². The van der Waals surface area contributed by atoms with Crippen LogP contribution < -0.4 is 11.1 Å². The number of nitrogens with two attached hydrogens (primary N) is 1. The second-order valence-electron chi connectivity index (χ2n) is 4.88. The first-order chi connectivity index (χ1) is 8.54. The number of hydrogen-bond donors (Lipinski definition) is 2. The number of ether oxygens (including phenoxy) is 1. The van der Waals surface area contributed by atoms with Crippen molar-refractivity contribution in [2.45, 2.75) is 45.6 Å². The maximum absolute atomic E-state index is 11.8. The molecule has 1 aromatic heterocycles. The number of carbonyl (C=O) groups excluding carboxylic acids is 1. The summed E-state index contributed by atoms with van der Waals surface area (Å²) in [7, 11) is 0. The number of rotatable bonds is 5. The second kappa shape index (κ2) is 5.18. The summed E-state index contributed by atoms with van der Waals surface area (Å²) in [6, 6.07) is 0.329. The van der Waals surface area contributed by atoms with Gasteiger partial charge >= 0.3 is 5.97 Å². The standard InChI is InChI=1S/C13H20N2O2S/c1-4-17-13(16)11-10(14)9(8-5-6-8)12(18-11)15-7(2)3/h7-8,15H,4-6,14H2,1-3H3. The molecule has 18 heavy (non-hydrogen) atoms. The van der Waals surface area contributed by atoms with Crippen LogP contribution in [0.4, 0.5) is 10.7 Å². The zero-order chi connectivity index (χ0) is 13.3. The van der Waals surface area contributed by atoms with Crippen LogP contribution in [0, 0.1) is 0 Å². The molecule has 5 heteroatoms. The maximum Gasteiger partial charge on any atom is 0.350 e. The van der Waals surface area contributed by atoms with Gasteiger partial charge in [0.25, 0.3) is 0 Å². The molecule has 0 unspecified atom stereocenters. The van der Waals surface area contributed by atoms with E-state index in [9.17, 15) is 4.79 Å². The molecular weight excluding hydrogens is 248 g/mol. The van der Waals surface area contributed by atoms with E-state index < -0.39 is 0 Å². The molecule has 1 aliphatic carbocycles. The maximum atomic E-state index is 11.8. The lowest BCUT2D eigenvalue weighted by Gasteiger charge is -2.10. The Kier molecular flexibility index (Phi) is 3.80. The van der Waals surface area contributed by atoms with Crippen molar-refractivity contribution >= 4 is 28.0 Å². The zero-order valence-electron chi connectivity index (χ0n) is 11.1. The van der Waals surface area contributed by atoms with E-state index in [1.165, 1.54) is 11.3 Å². The first kappa shape index (κ1) is 13.2. The summed E-state index contributed by atoms with van der Waals surface area (Å²) in [5, 5.41) is 4.42. The van der Waals surface area contributed by atoms with E-state index in [0.717, 1.165) is 23.4 Å². The summed E-state index contributed by atoms with van der Waals surface area (Å²) in [6.45, 7) is 6.34. The van der Waals surface area contributed by atoms with E-state index in [4.69, 9.17) is 10.5 Å². The van der Waals surface area contributed by atoms with Crippen LogP contribution in [0.3, 0.4) is 0 Å². The highest BCUT2D eigenvalue weighted by molar-refractivity contribution is 7.18. The summed E-state index contributed by atoms with van der Waals surface area (Å²) >= 11 is 1.42. The fraction of sp³-hybridized carbons (Fsp3) is 0.615. The van der Waals surface area contributed by atoms with Gasteiger partial charge in [0.05, 0.1) is 17.3 Å². The van der Waals surface area contributed by atoms with Crippen LogP contribution in [-0.2, 0) is 4.74 Å². The van der Waals surface area contributed by atoms with Crippen molar-refractivity contribution in [3.63, 3.8) is 0 Å². The largest absolute Gasteiger partial charge is 0.462 e. The highest BCUT2D eigenvalue weighted by Crippen LogP contribution is 2.51. The van der Waals surface area contributed by atoms with Crippen molar-refractivity contribution in [3.8, 4) is 0 Å². The molecule has 1 aliphatic rings. The first-order valence-corrected chi connectivity index (χ1v) is 7.22. The lowest BCUT2D eigenvalue weighted by Crippen LogP contribution is -2.09. The van der Waals surface area contributed by atoms with Gasteiger partial charge in [0, 0.05) is 11.6 Å². The van der Waals surface area contributed by atoms with Crippen LogP contribution in [0.1, 0.15) is 54.8 Å². The molecule has 0 aliphatic heterocycles. The molecular formula is C13H20N2O2S. The minimum atomic E-state index is -0.307. The molecule has 0 spiro atoms. The molecule has 1 saturated carbocycles. The number of nitrogens with one attached hydrogen (secondary N) is 1. The molecule has 3 N–H and O–H groups in total. The second-order valence-corrected chi connectivity index (χ2v) is 5.90. The molecule has 0 amide bonds. The molecule has 4 nitrogen and oxygen atoms in total. The quantitative estimate of drug-likeness (QED) is 0.805. The monoisotopic (exact) mass is 268 g/mol. The molecule has 100 valence electrons. The zero-order valence-corrected chi connectivity index (χ0v) is 11.9. The van der Waals surface area contributed by atoms with Crippen molar-refractivity contribution in [2.75, 3.05) is 17.7 Å². The van der Waals surface area contributed by atoms with Crippen molar-refractivity contribution in [3.05, 3.63) is 10.4 Å². The molecule has 0 atom stereocenters. The van der Waals surface area contributed by atoms with Gasteiger partial charge in [-0.25, -0.2) is 4.79 Å². The summed E-state index contributed by atoms with van der Waals surface area (Å²) < 4.78 is 5.05. The van der Waals surface area contributed by atoms with Gasteiger partial charge in [-0.1, -0.05) is 0 Å². The van der Waals surface area contributed by atoms with Crippen LogP contribution in [0.15, 0.2) is 0 Å². The Bertz CT molecular complexity index is 450. The Balaban J connectivity index is 2.33. The van der Waals surface area contributed by atoms with Crippen LogP contribution in [0.25, 0.3) is 0 Å². The predicted octanol–water partition coefficient (Wildman–Crippen LogP) is 3.20. The number of nitrogen functional groups attached to an aromatic ring is 1. The highest BCUT2D eigenvalue weighted by Gasteiger charge is 2.33. The third-order valence-corrected chi connectivity index (χ3v) is 3.98. The Labute approximate surface area is 112 Å². The molecule has 0 radical (unpaired) electrons. The van der Waals surface area contributed by atoms with E-state index in [1.54, 1.807) is 6.92 Å². The smallest absolute Gasteiger partial charge is 0.350 e. The SMILES string of the molecule is CCOC(=O)c1sc(NC(C)C)c(C2CC2)c1N. The topological polar surface area (TPSA) is 64.3 Å². The van der Waals surface area contributed by atoms with Crippen molar-refractivity contribution in [1.29, 1.82) is 0 Å². The minimum absolute atomic E-state index is 0.307. The van der Waals surface area contributed by atoms with Crippen LogP contribution >= 0.6 is 11.3 Å². The highest BCUT2D eigenvalue weighted by atomic mass is 32.1. The number of carbonyl (C=O) groups is 1. The van der Waals surface area contributed by atoms with Gasteiger partial charge in [-0.05, 0) is 39.5 Å². The average Bonchev–Trinajstić information content (AvgIpc) is 3.05. The van der Waals surface area contributed by atoms with Crippen molar-refractivity contribution in [1.82, 2.24) is 0 Å². The molecule has 1 fully saturated rings. The van der Waals surface area contributed by atoms with E-state index >= 15 is 0 Å². The van der Waals surface area contributed by atoms with Gasteiger partial charge in [0.2, 0.25) is 0 Å². The fourth-order valence-corrected chi connectivity index (χ4v) is 3.20. The Hall–Kier alpha value is -1.23. The predicted molar refractivity (Wildman–Crippen MR) is 75.4 cm³/mol. The molecule has 0 bridgehead atoms. The Morgan fingerprint density at radius 3 is 2.72 bits per heavy atom. The third kappa shape index (κ3) is 2.61. The fourth-order valence-electron chi connectivity index (χ4n) is 1.95. The van der Waals surface area contributed by atoms with Crippen LogP contribution in [0.2, 0.25) is 0 Å². The number of hydrogen-bond acceptors (Lipinski definition) is 5. The first-order valence-electron chi connectivity index (χ1n) is 6.40.